The van der Waals surface area contributed by atoms with Crippen molar-refractivity contribution in [3.8, 4) is 0 Å². The van der Waals surface area contributed by atoms with Crippen LogP contribution in [0, 0.1) is 11.3 Å². The third kappa shape index (κ3) is 4.54. The first kappa shape index (κ1) is 16.0. The van der Waals surface area contributed by atoms with Crippen LogP contribution >= 0.6 is 0 Å². The lowest BCUT2D eigenvalue weighted by Crippen LogP contribution is -2.39. The van der Waals surface area contributed by atoms with E-state index in [9.17, 15) is 13.5 Å². The largest absolute Gasteiger partial charge is 0.390 e. The van der Waals surface area contributed by atoms with Crippen molar-refractivity contribution in [2.24, 2.45) is 11.3 Å². The van der Waals surface area contributed by atoms with E-state index in [0.29, 0.717) is 17.8 Å². The molecule has 1 rings (SSSR count). The highest BCUT2D eigenvalue weighted by Crippen LogP contribution is 2.44. The molecule has 0 atom stereocenters. The molecule has 0 aromatic heterocycles. The van der Waals surface area contributed by atoms with Gasteiger partial charge in [0.15, 0.2) is 0 Å². The molecule has 0 aromatic carbocycles. The summed E-state index contributed by atoms with van der Waals surface area (Å²) < 4.78 is 22.3. The first-order valence-corrected chi connectivity index (χ1v) is 9.04. The lowest BCUT2D eigenvalue weighted by molar-refractivity contribution is -0.0300. The van der Waals surface area contributed by atoms with Crippen molar-refractivity contribution in [3.05, 3.63) is 0 Å². The third-order valence-corrected chi connectivity index (χ3v) is 5.82. The van der Waals surface area contributed by atoms with Gasteiger partial charge < -0.3 is 5.11 Å². The van der Waals surface area contributed by atoms with E-state index in [-0.39, 0.29) is 5.75 Å². The molecule has 1 fully saturated rings. The van der Waals surface area contributed by atoms with Gasteiger partial charge in [0.25, 0.3) is 0 Å². The van der Waals surface area contributed by atoms with Crippen LogP contribution < -0.4 is 0 Å². The Morgan fingerprint density at radius 1 is 1.28 bits per heavy atom. The van der Waals surface area contributed by atoms with Gasteiger partial charge in [0, 0.05) is 6.26 Å². The van der Waals surface area contributed by atoms with Crippen LogP contribution in [0.25, 0.3) is 0 Å². The van der Waals surface area contributed by atoms with Crippen LogP contribution in [-0.2, 0) is 9.84 Å². The summed E-state index contributed by atoms with van der Waals surface area (Å²) in [5.41, 5.74) is -0.415. The molecule has 1 aliphatic rings. The van der Waals surface area contributed by atoms with Crippen molar-refractivity contribution >= 4 is 9.84 Å². The van der Waals surface area contributed by atoms with Crippen LogP contribution in [0.5, 0.6) is 0 Å². The molecule has 1 N–H and O–H groups in total. The molecule has 0 aliphatic heterocycles. The highest BCUT2D eigenvalue weighted by Gasteiger charge is 2.38. The molecule has 4 heteroatoms. The van der Waals surface area contributed by atoms with E-state index >= 15 is 0 Å². The highest BCUT2D eigenvalue weighted by molar-refractivity contribution is 7.90. The summed E-state index contributed by atoms with van der Waals surface area (Å²) in [6.07, 6.45) is 6.31. The first-order valence-electron chi connectivity index (χ1n) is 6.98. The van der Waals surface area contributed by atoms with E-state index in [1.54, 1.807) is 0 Å². The number of rotatable bonds is 5. The van der Waals surface area contributed by atoms with Crippen molar-refractivity contribution in [2.75, 3.05) is 12.0 Å². The zero-order valence-corrected chi connectivity index (χ0v) is 13.0. The SMILES string of the molecule is CCC(C)(C)C1CCC(O)(CCS(C)(=O)=O)CC1. The summed E-state index contributed by atoms with van der Waals surface area (Å²) in [5, 5.41) is 10.4. The van der Waals surface area contributed by atoms with Gasteiger partial charge in [-0.2, -0.15) is 0 Å². The molecular weight excluding hydrogens is 248 g/mol. The van der Waals surface area contributed by atoms with Gasteiger partial charge in [0.2, 0.25) is 0 Å². The predicted octanol–water partition coefficient (Wildman–Crippen LogP) is 2.78. The maximum Gasteiger partial charge on any atom is 0.147 e. The summed E-state index contributed by atoms with van der Waals surface area (Å²) in [6, 6.07) is 0. The van der Waals surface area contributed by atoms with Gasteiger partial charge in [-0.05, 0) is 43.4 Å². The fraction of sp³-hybridized carbons (Fsp3) is 1.00. The van der Waals surface area contributed by atoms with Gasteiger partial charge in [0.05, 0.1) is 11.4 Å². The molecule has 0 bridgehead atoms. The molecular formula is C14H28O3S. The second-order valence-corrected chi connectivity index (χ2v) is 8.98. The Balaban J connectivity index is 2.52. The zero-order chi connectivity index (χ0) is 14.0. The summed E-state index contributed by atoms with van der Waals surface area (Å²) in [7, 11) is -2.97. The lowest BCUT2D eigenvalue weighted by Gasteiger charge is -2.42. The molecule has 0 spiro atoms. The Hall–Kier alpha value is -0.0900. The molecule has 0 aromatic rings. The second-order valence-electron chi connectivity index (χ2n) is 6.72. The van der Waals surface area contributed by atoms with E-state index in [1.807, 2.05) is 0 Å². The molecule has 0 radical (unpaired) electrons. The molecule has 1 aliphatic carbocycles. The van der Waals surface area contributed by atoms with Gasteiger partial charge in [-0.25, -0.2) is 8.42 Å². The first-order chi connectivity index (χ1) is 8.08. The van der Waals surface area contributed by atoms with Crippen LogP contribution in [0.15, 0.2) is 0 Å². The fourth-order valence-electron chi connectivity index (χ4n) is 2.85. The third-order valence-electron chi connectivity index (χ3n) is 4.87. The Kier molecular flexibility index (Phi) is 4.87. The number of aliphatic hydroxyl groups is 1. The Bertz CT molecular complexity index is 363. The zero-order valence-electron chi connectivity index (χ0n) is 12.2. The van der Waals surface area contributed by atoms with Gasteiger partial charge >= 0.3 is 0 Å². The quantitative estimate of drug-likeness (QED) is 0.840. The number of hydrogen-bond donors (Lipinski definition) is 1. The average Bonchev–Trinajstić information content (AvgIpc) is 2.26. The minimum atomic E-state index is -2.97. The van der Waals surface area contributed by atoms with Crippen molar-refractivity contribution in [2.45, 2.75) is 64.9 Å². The molecule has 108 valence electrons. The van der Waals surface area contributed by atoms with Crippen molar-refractivity contribution in [1.29, 1.82) is 0 Å². The van der Waals surface area contributed by atoms with Gasteiger partial charge in [0.1, 0.15) is 9.84 Å². The van der Waals surface area contributed by atoms with Crippen LogP contribution in [0.3, 0.4) is 0 Å². The smallest absolute Gasteiger partial charge is 0.147 e. The molecule has 0 heterocycles. The Morgan fingerprint density at radius 2 is 1.78 bits per heavy atom. The number of sulfone groups is 1. The minimum absolute atomic E-state index is 0.103. The van der Waals surface area contributed by atoms with Crippen LogP contribution in [0.1, 0.15) is 59.3 Å². The highest BCUT2D eigenvalue weighted by atomic mass is 32.2. The topological polar surface area (TPSA) is 54.4 Å². The van der Waals surface area contributed by atoms with E-state index in [4.69, 9.17) is 0 Å². The van der Waals surface area contributed by atoms with Crippen molar-refractivity contribution < 1.29 is 13.5 Å². The standard InChI is InChI=1S/C14H28O3S/c1-5-13(2,3)12-6-8-14(15,9-7-12)10-11-18(4,16)17/h12,15H,5-11H2,1-4H3. The molecule has 0 unspecified atom stereocenters. The van der Waals surface area contributed by atoms with Crippen LogP contribution in [0.2, 0.25) is 0 Å². The molecule has 1 saturated carbocycles. The normalized spacial score (nSPS) is 30.4. The average molecular weight is 276 g/mol. The predicted molar refractivity (Wildman–Crippen MR) is 75.3 cm³/mol. The minimum Gasteiger partial charge on any atom is -0.390 e. The summed E-state index contributed by atoms with van der Waals surface area (Å²) in [5.74, 6) is 0.756. The number of hydrogen-bond acceptors (Lipinski definition) is 3. The maximum absolute atomic E-state index is 11.2. The van der Waals surface area contributed by atoms with Crippen molar-refractivity contribution in [1.82, 2.24) is 0 Å². The molecule has 18 heavy (non-hydrogen) atoms. The van der Waals surface area contributed by atoms with E-state index < -0.39 is 15.4 Å². The van der Waals surface area contributed by atoms with Crippen LogP contribution in [-0.4, -0.2) is 31.1 Å². The summed E-state index contributed by atoms with van der Waals surface area (Å²) in [4.78, 5) is 0. The fourth-order valence-corrected chi connectivity index (χ4v) is 3.60. The summed E-state index contributed by atoms with van der Waals surface area (Å²) in [6.45, 7) is 6.79. The van der Waals surface area contributed by atoms with Gasteiger partial charge in [-0.1, -0.05) is 27.2 Å². The molecule has 0 saturated heterocycles. The van der Waals surface area contributed by atoms with Gasteiger partial charge in [-0.3, -0.25) is 0 Å². The Morgan fingerprint density at radius 3 is 2.17 bits per heavy atom. The maximum atomic E-state index is 11.2. The van der Waals surface area contributed by atoms with Crippen LogP contribution in [0.4, 0.5) is 0 Å². The van der Waals surface area contributed by atoms with Crippen molar-refractivity contribution in [3.63, 3.8) is 0 Å². The molecule has 3 nitrogen and oxygen atoms in total. The monoisotopic (exact) mass is 276 g/mol. The lowest BCUT2D eigenvalue weighted by atomic mass is 9.66. The second kappa shape index (κ2) is 5.49. The Labute approximate surface area is 112 Å². The van der Waals surface area contributed by atoms with E-state index in [0.717, 1.165) is 32.1 Å². The van der Waals surface area contributed by atoms with E-state index in [2.05, 4.69) is 20.8 Å². The molecule has 0 amide bonds. The summed E-state index contributed by atoms with van der Waals surface area (Å²) >= 11 is 0. The van der Waals surface area contributed by atoms with E-state index in [1.165, 1.54) is 6.26 Å². The van der Waals surface area contributed by atoms with Gasteiger partial charge in [-0.15, -0.1) is 0 Å².